The highest BCUT2D eigenvalue weighted by atomic mass is 16.2. The van der Waals surface area contributed by atoms with E-state index in [0.717, 1.165) is 44.6 Å². The van der Waals surface area contributed by atoms with E-state index in [4.69, 9.17) is 5.73 Å². The molecule has 1 fully saturated rings. The van der Waals surface area contributed by atoms with Gasteiger partial charge in [0.05, 0.1) is 11.8 Å². The molecule has 0 radical (unpaired) electrons. The Morgan fingerprint density at radius 1 is 1.42 bits per heavy atom. The van der Waals surface area contributed by atoms with Gasteiger partial charge >= 0.3 is 0 Å². The number of nitrogens with one attached hydrogen (secondary N) is 1. The lowest BCUT2D eigenvalue weighted by atomic mass is 10.2. The van der Waals surface area contributed by atoms with Crippen LogP contribution in [0.5, 0.6) is 0 Å². The summed E-state index contributed by atoms with van der Waals surface area (Å²) in [5.41, 5.74) is 10.0. The molecule has 0 unspecified atom stereocenters. The lowest BCUT2D eigenvalue weighted by Gasteiger charge is -2.26. The molecule has 0 saturated carbocycles. The monoisotopic (exact) mass is 265 g/mol. The van der Waals surface area contributed by atoms with Crippen LogP contribution < -0.4 is 11.2 Å². The van der Waals surface area contributed by atoms with Crippen molar-refractivity contribution in [1.29, 1.82) is 0 Å². The molecule has 1 aliphatic rings. The minimum absolute atomic E-state index is 0.0570. The molecule has 0 spiro atoms. The normalized spacial score (nSPS) is 16.5. The van der Waals surface area contributed by atoms with Gasteiger partial charge in [-0.2, -0.15) is 5.10 Å². The Bertz CT molecular complexity index is 423. The average Bonchev–Trinajstić information content (AvgIpc) is 2.79. The number of carbonyl (C=O) groups excluding carboxylic acids is 1. The van der Waals surface area contributed by atoms with Crippen LogP contribution in [0, 0.1) is 6.92 Å². The van der Waals surface area contributed by atoms with E-state index in [9.17, 15) is 4.79 Å². The highest BCUT2D eigenvalue weighted by molar-refractivity contribution is 5.94. The van der Waals surface area contributed by atoms with Crippen molar-refractivity contribution in [3.05, 3.63) is 17.5 Å². The van der Waals surface area contributed by atoms with Crippen LogP contribution in [-0.4, -0.2) is 40.3 Å². The summed E-state index contributed by atoms with van der Waals surface area (Å²) in [4.78, 5) is 12.2. The molecule has 0 aliphatic carbocycles. The third kappa shape index (κ3) is 3.54. The Labute approximate surface area is 113 Å². The molecular weight excluding hydrogens is 242 g/mol. The summed E-state index contributed by atoms with van der Waals surface area (Å²) < 4.78 is 1.85. The summed E-state index contributed by atoms with van der Waals surface area (Å²) in [6, 6.07) is 0. The minimum Gasteiger partial charge on any atom is -0.330 e. The van der Waals surface area contributed by atoms with Gasteiger partial charge in [-0.25, -0.2) is 5.01 Å². The number of aryl methyl sites for hydroxylation is 1. The molecule has 1 aliphatic heterocycles. The molecule has 2 rings (SSSR count). The molecule has 0 aromatic carbocycles. The van der Waals surface area contributed by atoms with Crippen molar-refractivity contribution >= 4 is 5.91 Å². The van der Waals surface area contributed by atoms with Crippen LogP contribution in [0.25, 0.3) is 0 Å². The van der Waals surface area contributed by atoms with Gasteiger partial charge in [0, 0.05) is 25.3 Å². The number of nitrogens with two attached hydrogens (primary N) is 1. The van der Waals surface area contributed by atoms with Crippen molar-refractivity contribution in [3.63, 3.8) is 0 Å². The first-order chi connectivity index (χ1) is 9.22. The predicted octanol–water partition coefficient (Wildman–Crippen LogP) is 0.671. The van der Waals surface area contributed by atoms with Gasteiger partial charge in [-0.05, 0) is 32.7 Å². The maximum absolute atomic E-state index is 12.2. The van der Waals surface area contributed by atoms with E-state index in [-0.39, 0.29) is 5.91 Å². The highest BCUT2D eigenvalue weighted by Crippen LogP contribution is 2.10. The molecule has 1 amide bonds. The fourth-order valence-electron chi connectivity index (χ4n) is 2.35. The second-order valence-electron chi connectivity index (χ2n) is 5.00. The van der Waals surface area contributed by atoms with Crippen molar-refractivity contribution in [3.8, 4) is 0 Å². The second kappa shape index (κ2) is 6.68. The maximum atomic E-state index is 12.2. The number of rotatable bonds is 5. The number of hydrogen-bond donors (Lipinski definition) is 2. The lowest BCUT2D eigenvalue weighted by Crippen LogP contribution is -2.45. The van der Waals surface area contributed by atoms with Crippen molar-refractivity contribution in [2.24, 2.45) is 5.73 Å². The largest absolute Gasteiger partial charge is 0.330 e. The van der Waals surface area contributed by atoms with E-state index in [2.05, 4.69) is 10.5 Å². The molecule has 6 heteroatoms. The van der Waals surface area contributed by atoms with Gasteiger partial charge in [-0.1, -0.05) is 6.42 Å². The van der Waals surface area contributed by atoms with Gasteiger partial charge in [-0.15, -0.1) is 0 Å². The Hall–Kier alpha value is -1.40. The van der Waals surface area contributed by atoms with Crippen molar-refractivity contribution in [2.75, 3.05) is 19.6 Å². The first-order valence-electron chi connectivity index (χ1n) is 7.01. The third-order valence-corrected chi connectivity index (χ3v) is 3.54. The summed E-state index contributed by atoms with van der Waals surface area (Å²) in [6.07, 6.45) is 6.06. The molecule has 1 saturated heterocycles. The SMILES string of the molecule is Cc1c(C(=O)NN2CCCCC2)cnn1CCCN. The fraction of sp³-hybridized carbons (Fsp3) is 0.692. The van der Waals surface area contributed by atoms with Crippen LogP contribution in [0.1, 0.15) is 41.7 Å². The molecule has 6 nitrogen and oxygen atoms in total. The Balaban J connectivity index is 1.96. The number of hydrazine groups is 1. The van der Waals surface area contributed by atoms with Crippen LogP contribution >= 0.6 is 0 Å². The zero-order valence-corrected chi connectivity index (χ0v) is 11.6. The van der Waals surface area contributed by atoms with Gasteiger partial charge < -0.3 is 5.73 Å². The lowest BCUT2D eigenvalue weighted by molar-refractivity contribution is 0.0749. The summed E-state index contributed by atoms with van der Waals surface area (Å²) in [5.74, 6) is -0.0570. The number of piperidine rings is 1. The fourth-order valence-corrected chi connectivity index (χ4v) is 2.35. The maximum Gasteiger partial charge on any atom is 0.269 e. The van der Waals surface area contributed by atoms with Crippen LogP contribution in [-0.2, 0) is 6.54 Å². The number of nitrogens with zero attached hydrogens (tertiary/aromatic N) is 3. The summed E-state index contributed by atoms with van der Waals surface area (Å²) in [7, 11) is 0. The molecule has 19 heavy (non-hydrogen) atoms. The van der Waals surface area contributed by atoms with Gasteiger partial charge in [0.25, 0.3) is 5.91 Å². The van der Waals surface area contributed by atoms with Crippen LogP contribution in [0.4, 0.5) is 0 Å². The number of aromatic nitrogens is 2. The Morgan fingerprint density at radius 3 is 2.84 bits per heavy atom. The summed E-state index contributed by atoms with van der Waals surface area (Å²) >= 11 is 0. The number of carbonyl (C=O) groups is 1. The Kier molecular flexibility index (Phi) is 4.93. The summed E-state index contributed by atoms with van der Waals surface area (Å²) in [6.45, 7) is 5.20. The van der Waals surface area contributed by atoms with E-state index in [1.807, 2.05) is 16.6 Å². The summed E-state index contributed by atoms with van der Waals surface area (Å²) in [5, 5.41) is 6.25. The first kappa shape index (κ1) is 14.0. The zero-order valence-electron chi connectivity index (χ0n) is 11.6. The van der Waals surface area contributed by atoms with Gasteiger partial charge in [0.1, 0.15) is 0 Å². The van der Waals surface area contributed by atoms with Crippen LogP contribution in [0.2, 0.25) is 0 Å². The smallest absolute Gasteiger partial charge is 0.269 e. The van der Waals surface area contributed by atoms with Crippen LogP contribution in [0.3, 0.4) is 0 Å². The quantitative estimate of drug-likeness (QED) is 0.820. The standard InChI is InChI=1S/C13H23N5O/c1-11-12(10-15-18(11)9-5-6-14)13(19)16-17-7-3-2-4-8-17/h10H,2-9,14H2,1H3,(H,16,19). The molecule has 2 heterocycles. The van der Waals surface area contributed by atoms with Crippen molar-refractivity contribution < 1.29 is 4.79 Å². The molecule has 106 valence electrons. The molecule has 1 aromatic heterocycles. The van der Waals surface area contributed by atoms with E-state index in [0.29, 0.717) is 12.1 Å². The molecule has 0 bridgehead atoms. The van der Waals surface area contributed by atoms with E-state index < -0.39 is 0 Å². The molecule has 0 atom stereocenters. The van der Waals surface area contributed by atoms with Crippen LogP contribution in [0.15, 0.2) is 6.20 Å². The third-order valence-electron chi connectivity index (χ3n) is 3.54. The minimum atomic E-state index is -0.0570. The Morgan fingerprint density at radius 2 is 2.16 bits per heavy atom. The van der Waals surface area contributed by atoms with Crippen molar-refractivity contribution in [1.82, 2.24) is 20.2 Å². The topological polar surface area (TPSA) is 76.2 Å². The highest BCUT2D eigenvalue weighted by Gasteiger charge is 2.17. The van der Waals surface area contributed by atoms with E-state index >= 15 is 0 Å². The molecular formula is C13H23N5O. The number of amides is 1. The average molecular weight is 265 g/mol. The second-order valence-corrected chi connectivity index (χ2v) is 5.00. The first-order valence-corrected chi connectivity index (χ1v) is 7.01. The van der Waals surface area contributed by atoms with Gasteiger partial charge in [-0.3, -0.25) is 14.9 Å². The predicted molar refractivity (Wildman–Crippen MR) is 73.5 cm³/mol. The van der Waals surface area contributed by atoms with E-state index in [1.54, 1.807) is 6.20 Å². The number of hydrogen-bond acceptors (Lipinski definition) is 4. The van der Waals surface area contributed by atoms with E-state index in [1.165, 1.54) is 6.42 Å². The van der Waals surface area contributed by atoms with Gasteiger partial charge in [0.2, 0.25) is 0 Å². The molecule has 1 aromatic rings. The molecule has 3 N–H and O–H groups in total. The van der Waals surface area contributed by atoms with Gasteiger partial charge in [0.15, 0.2) is 0 Å². The zero-order chi connectivity index (χ0) is 13.7. The van der Waals surface area contributed by atoms with Crippen molar-refractivity contribution in [2.45, 2.75) is 39.2 Å².